The summed E-state index contributed by atoms with van der Waals surface area (Å²) in [5, 5.41) is 0. The molecule has 52 valence electrons. The van der Waals surface area contributed by atoms with E-state index in [0.29, 0.717) is 0 Å². The van der Waals surface area contributed by atoms with Crippen molar-refractivity contribution >= 4 is 12.4 Å². The SMILES string of the molecule is O=CC=Cc1ccccc1.[H-].[Na+]. The van der Waals surface area contributed by atoms with Gasteiger partial charge in [0, 0.05) is 0 Å². The van der Waals surface area contributed by atoms with Gasteiger partial charge >= 0.3 is 29.6 Å². The number of carbonyl (C=O) groups is 1. The first-order chi connectivity index (χ1) is 4.93. The van der Waals surface area contributed by atoms with Crippen LogP contribution in [0.1, 0.15) is 6.99 Å². The van der Waals surface area contributed by atoms with Gasteiger partial charge < -0.3 is 1.43 Å². The second kappa shape index (κ2) is 6.35. The molecule has 0 atom stereocenters. The maximum atomic E-state index is 9.89. The molecule has 0 saturated heterocycles. The van der Waals surface area contributed by atoms with Crippen molar-refractivity contribution in [2.45, 2.75) is 0 Å². The van der Waals surface area contributed by atoms with Crippen LogP contribution in [0.2, 0.25) is 0 Å². The summed E-state index contributed by atoms with van der Waals surface area (Å²) in [7, 11) is 0. The second-order valence-electron chi connectivity index (χ2n) is 1.91. The van der Waals surface area contributed by atoms with E-state index in [4.69, 9.17) is 0 Å². The summed E-state index contributed by atoms with van der Waals surface area (Å²) < 4.78 is 0. The van der Waals surface area contributed by atoms with Crippen LogP contribution < -0.4 is 29.6 Å². The largest absolute Gasteiger partial charge is 1.00 e. The molecular weight excluding hydrogens is 147 g/mol. The minimum Gasteiger partial charge on any atom is -1.00 e. The van der Waals surface area contributed by atoms with Gasteiger partial charge in [0.15, 0.2) is 0 Å². The molecule has 0 aromatic heterocycles. The predicted molar refractivity (Wildman–Crippen MR) is 42.7 cm³/mol. The van der Waals surface area contributed by atoms with Crippen LogP contribution >= 0.6 is 0 Å². The van der Waals surface area contributed by atoms with Gasteiger partial charge in [0.25, 0.3) is 0 Å². The monoisotopic (exact) mass is 156 g/mol. The standard InChI is InChI=1S/C9H8O.Na.H/c10-8-4-7-9-5-2-1-3-6-9;;/h1-8H;;/q;+1;-1. The van der Waals surface area contributed by atoms with Gasteiger partial charge in [0.05, 0.1) is 0 Å². The summed E-state index contributed by atoms with van der Waals surface area (Å²) in [5.74, 6) is 0. The van der Waals surface area contributed by atoms with Crippen LogP contribution in [-0.4, -0.2) is 6.29 Å². The molecule has 0 bridgehead atoms. The molecule has 2 heteroatoms. The normalized spacial score (nSPS) is 9.09. The van der Waals surface area contributed by atoms with Gasteiger partial charge in [-0.05, 0) is 11.6 Å². The summed E-state index contributed by atoms with van der Waals surface area (Å²) in [6, 6.07) is 9.70. The van der Waals surface area contributed by atoms with Crippen LogP contribution in [0.5, 0.6) is 0 Å². The average molecular weight is 156 g/mol. The van der Waals surface area contributed by atoms with Crippen LogP contribution in [0.3, 0.4) is 0 Å². The Hall–Kier alpha value is -0.370. The molecule has 1 aromatic carbocycles. The first-order valence-corrected chi connectivity index (χ1v) is 3.10. The van der Waals surface area contributed by atoms with Crippen LogP contribution in [0.15, 0.2) is 36.4 Å². The predicted octanol–water partition coefficient (Wildman–Crippen LogP) is -0.985. The fourth-order valence-corrected chi connectivity index (χ4v) is 0.715. The Bertz CT molecular complexity index is 234. The average Bonchev–Trinajstić information content (AvgIpc) is 2.03. The smallest absolute Gasteiger partial charge is 1.00 e. The quantitative estimate of drug-likeness (QED) is 0.305. The van der Waals surface area contributed by atoms with Gasteiger partial charge in [0.2, 0.25) is 0 Å². The molecule has 0 aliphatic carbocycles. The van der Waals surface area contributed by atoms with Crippen molar-refractivity contribution in [3.05, 3.63) is 42.0 Å². The van der Waals surface area contributed by atoms with Crippen molar-refractivity contribution in [1.29, 1.82) is 0 Å². The zero-order chi connectivity index (χ0) is 7.23. The molecular formula is C9H9NaO. The summed E-state index contributed by atoms with van der Waals surface area (Å²) in [4.78, 5) is 9.89. The zero-order valence-corrected chi connectivity index (χ0v) is 8.53. The summed E-state index contributed by atoms with van der Waals surface area (Å²) in [6.07, 6.45) is 4.02. The van der Waals surface area contributed by atoms with E-state index in [1.807, 2.05) is 30.3 Å². The van der Waals surface area contributed by atoms with Gasteiger partial charge in [-0.2, -0.15) is 0 Å². The molecule has 0 aliphatic heterocycles. The zero-order valence-electron chi connectivity index (χ0n) is 7.53. The molecule has 0 aliphatic rings. The van der Waals surface area contributed by atoms with Crippen molar-refractivity contribution in [2.24, 2.45) is 0 Å². The Labute approximate surface area is 89.9 Å². The third-order valence-electron chi connectivity index (χ3n) is 1.17. The molecule has 11 heavy (non-hydrogen) atoms. The van der Waals surface area contributed by atoms with Gasteiger partial charge in [-0.25, -0.2) is 0 Å². The fourth-order valence-electron chi connectivity index (χ4n) is 0.715. The van der Waals surface area contributed by atoms with Crippen molar-refractivity contribution in [3.8, 4) is 0 Å². The number of aldehydes is 1. The summed E-state index contributed by atoms with van der Waals surface area (Å²) >= 11 is 0. The Morgan fingerprint density at radius 3 is 2.36 bits per heavy atom. The molecule has 1 nitrogen and oxygen atoms in total. The fraction of sp³-hybridized carbons (Fsp3) is 0. The van der Waals surface area contributed by atoms with Crippen molar-refractivity contribution in [3.63, 3.8) is 0 Å². The number of benzene rings is 1. The number of allylic oxidation sites excluding steroid dienone is 1. The van der Waals surface area contributed by atoms with E-state index in [-0.39, 0.29) is 31.0 Å². The maximum Gasteiger partial charge on any atom is 1.00 e. The van der Waals surface area contributed by atoms with E-state index < -0.39 is 0 Å². The minimum atomic E-state index is 0. The van der Waals surface area contributed by atoms with E-state index in [2.05, 4.69) is 0 Å². The maximum absolute atomic E-state index is 9.89. The van der Waals surface area contributed by atoms with Crippen LogP contribution in [0, 0.1) is 0 Å². The second-order valence-corrected chi connectivity index (χ2v) is 1.91. The molecule has 0 saturated carbocycles. The van der Waals surface area contributed by atoms with Crippen LogP contribution in [0.4, 0.5) is 0 Å². The molecule has 0 heterocycles. The Kier molecular flexibility index (Phi) is 6.13. The topological polar surface area (TPSA) is 17.1 Å². The van der Waals surface area contributed by atoms with Crippen LogP contribution in [0.25, 0.3) is 6.08 Å². The number of hydrogen-bond donors (Lipinski definition) is 0. The molecule has 0 unspecified atom stereocenters. The van der Waals surface area contributed by atoms with Crippen molar-refractivity contribution in [1.82, 2.24) is 0 Å². The van der Waals surface area contributed by atoms with Crippen molar-refractivity contribution in [2.75, 3.05) is 0 Å². The van der Waals surface area contributed by atoms with Crippen LogP contribution in [-0.2, 0) is 4.79 Å². The van der Waals surface area contributed by atoms with E-state index in [1.165, 1.54) is 6.08 Å². The summed E-state index contributed by atoms with van der Waals surface area (Å²) in [6.45, 7) is 0. The van der Waals surface area contributed by atoms with Gasteiger partial charge in [-0.1, -0.05) is 36.4 Å². The van der Waals surface area contributed by atoms with E-state index in [9.17, 15) is 4.79 Å². The van der Waals surface area contributed by atoms with Crippen molar-refractivity contribution < 1.29 is 35.8 Å². The molecule has 0 fully saturated rings. The van der Waals surface area contributed by atoms with Gasteiger partial charge in [0.1, 0.15) is 6.29 Å². The third kappa shape index (κ3) is 4.14. The molecule has 0 radical (unpaired) electrons. The first kappa shape index (κ1) is 10.6. The molecule has 0 spiro atoms. The molecule has 0 N–H and O–H groups in total. The minimum absolute atomic E-state index is 0. The Balaban J connectivity index is 0. The Morgan fingerprint density at radius 1 is 1.18 bits per heavy atom. The van der Waals surface area contributed by atoms with E-state index >= 15 is 0 Å². The number of rotatable bonds is 2. The first-order valence-electron chi connectivity index (χ1n) is 3.10. The molecule has 1 aromatic rings. The number of hydrogen-bond acceptors (Lipinski definition) is 1. The molecule has 0 amide bonds. The van der Waals surface area contributed by atoms with E-state index in [0.717, 1.165) is 11.8 Å². The third-order valence-corrected chi connectivity index (χ3v) is 1.17. The molecule has 1 rings (SSSR count). The Morgan fingerprint density at radius 2 is 1.82 bits per heavy atom. The number of carbonyl (C=O) groups excluding carboxylic acids is 1. The van der Waals surface area contributed by atoms with Gasteiger partial charge in [-0.15, -0.1) is 0 Å². The summed E-state index contributed by atoms with van der Waals surface area (Å²) in [5.41, 5.74) is 1.05. The van der Waals surface area contributed by atoms with Gasteiger partial charge in [-0.3, -0.25) is 4.79 Å². The van der Waals surface area contributed by atoms with E-state index in [1.54, 1.807) is 6.08 Å².